The van der Waals surface area contributed by atoms with Gasteiger partial charge in [-0.25, -0.2) is 4.79 Å². The van der Waals surface area contributed by atoms with Gasteiger partial charge in [0.05, 0.1) is 11.3 Å². The summed E-state index contributed by atoms with van der Waals surface area (Å²) in [5, 5.41) is 9.38. The number of carbonyl (C=O) groups is 1. The molecule has 0 saturated heterocycles. The largest absolute Gasteiger partial charge is 0.478 e. The molecule has 1 heterocycles. The third-order valence-electron chi connectivity index (χ3n) is 5.03. The van der Waals surface area contributed by atoms with Gasteiger partial charge in [-0.1, -0.05) is 90.9 Å². The van der Waals surface area contributed by atoms with E-state index < -0.39 is 5.97 Å². The average Bonchev–Trinajstić information content (AvgIpc) is 2.61. The van der Waals surface area contributed by atoms with Crippen LogP contribution in [-0.4, -0.2) is 16.1 Å². The molecule has 0 fully saturated rings. The minimum atomic E-state index is -0.854. The number of rotatable bonds is 15. The van der Waals surface area contributed by atoms with E-state index in [9.17, 15) is 9.90 Å². The fourth-order valence-electron chi connectivity index (χ4n) is 3.49. The van der Waals surface area contributed by atoms with Crippen LogP contribution in [0.2, 0.25) is 0 Å². The first-order valence-electron chi connectivity index (χ1n) is 10.4. The Balaban J connectivity index is 2.53. The van der Waals surface area contributed by atoms with Crippen molar-refractivity contribution in [3.63, 3.8) is 0 Å². The molecule has 1 aromatic rings. The number of hydrogen-bond donors (Lipinski definition) is 1. The van der Waals surface area contributed by atoms with Gasteiger partial charge < -0.3 is 5.11 Å². The lowest BCUT2D eigenvalue weighted by molar-refractivity contribution is 0.0694. The number of aromatic carboxylic acids is 1. The average molecular weight is 348 g/mol. The van der Waals surface area contributed by atoms with E-state index in [1.165, 1.54) is 77.0 Å². The topological polar surface area (TPSA) is 50.2 Å². The second-order valence-corrected chi connectivity index (χ2v) is 7.28. The maximum Gasteiger partial charge on any atom is 0.337 e. The Labute approximate surface area is 154 Å². The zero-order valence-corrected chi connectivity index (χ0v) is 16.3. The summed E-state index contributed by atoms with van der Waals surface area (Å²) in [7, 11) is 0. The highest BCUT2D eigenvalue weighted by molar-refractivity contribution is 5.88. The van der Waals surface area contributed by atoms with Crippen molar-refractivity contribution in [2.75, 3.05) is 0 Å². The van der Waals surface area contributed by atoms with Gasteiger partial charge in [-0.3, -0.25) is 4.98 Å². The number of carboxylic acids is 1. The van der Waals surface area contributed by atoms with Gasteiger partial charge in [-0.15, -0.1) is 0 Å². The summed E-state index contributed by atoms with van der Waals surface area (Å²) >= 11 is 0. The SMILES string of the molecule is CCCCCCCCC(CCCCCC)Cc1ncccc1C(=O)O. The standard InChI is InChI=1S/C22H37NO2/c1-3-5-7-9-10-12-15-19(14-11-8-6-4-2)18-21-20(22(24)25)16-13-17-23-21/h13,16-17,19H,3-12,14-15,18H2,1-2H3,(H,24,25). The third-order valence-corrected chi connectivity index (χ3v) is 5.03. The van der Waals surface area contributed by atoms with E-state index in [-0.39, 0.29) is 0 Å². The number of unbranched alkanes of at least 4 members (excludes halogenated alkanes) is 8. The van der Waals surface area contributed by atoms with Crippen molar-refractivity contribution < 1.29 is 9.90 Å². The lowest BCUT2D eigenvalue weighted by atomic mass is 9.89. The molecule has 0 amide bonds. The number of hydrogen-bond acceptors (Lipinski definition) is 2. The van der Waals surface area contributed by atoms with Crippen molar-refractivity contribution in [1.82, 2.24) is 4.98 Å². The van der Waals surface area contributed by atoms with Crippen molar-refractivity contribution in [2.45, 2.75) is 97.3 Å². The molecule has 25 heavy (non-hydrogen) atoms. The van der Waals surface area contributed by atoms with Gasteiger partial charge >= 0.3 is 5.97 Å². The van der Waals surface area contributed by atoms with Crippen LogP contribution in [0.1, 0.15) is 107 Å². The normalized spacial score (nSPS) is 12.2. The number of aromatic nitrogens is 1. The molecule has 0 aliphatic heterocycles. The van der Waals surface area contributed by atoms with E-state index in [1.807, 2.05) is 0 Å². The van der Waals surface area contributed by atoms with Gasteiger partial charge in [0.2, 0.25) is 0 Å². The molecule has 0 aliphatic rings. The zero-order valence-electron chi connectivity index (χ0n) is 16.3. The molecule has 0 radical (unpaired) electrons. The predicted molar refractivity (Wildman–Crippen MR) is 105 cm³/mol. The highest BCUT2D eigenvalue weighted by atomic mass is 16.4. The van der Waals surface area contributed by atoms with Crippen molar-refractivity contribution >= 4 is 5.97 Å². The molecule has 1 rings (SSSR count). The molecular formula is C22H37NO2. The lowest BCUT2D eigenvalue weighted by Crippen LogP contribution is -2.11. The molecule has 3 heteroatoms. The zero-order chi connectivity index (χ0) is 18.3. The van der Waals surface area contributed by atoms with Gasteiger partial charge in [-0.2, -0.15) is 0 Å². The van der Waals surface area contributed by atoms with Crippen molar-refractivity contribution in [3.05, 3.63) is 29.6 Å². The summed E-state index contributed by atoms with van der Waals surface area (Å²) in [6.45, 7) is 4.49. The Hall–Kier alpha value is -1.38. The van der Waals surface area contributed by atoms with Crippen molar-refractivity contribution in [2.24, 2.45) is 5.92 Å². The van der Waals surface area contributed by atoms with Gasteiger partial charge in [0, 0.05) is 6.20 Å². The van der Waals surface area contributed by atoms with Crippen LogP contribution in [0.5, 0.6) is 0 Å². The first kappa shape index (κ1) is 21.7. The van der Waals surface area contributed by atoms with Crippen LogP contribution in [0.25, 0.3) is 0 Å². The van der Waals surface area contributed by atoms with E-state index in [2.05, 4.69) is 18.8 Å². The summed E-state index contributed by atoms with van der Waals surface area (Å²) in [5.41, 5.74) is 1.14. The van der Waals surface area contributed by atoms with Crippen LogP contribution in [0.3, 0.4) is 0 Å². The van der Waals surface area contributed by atoms with Crippen molar-refractivity contribution in [1.29, 1.82) is 0 Å². The van der Waals surface area contributed by atoms with E-state index in [1.54, 1.807) is 18.3 Å². The molecule has 0 aromatic carbocycles. The van der Waals surface area contributed by atoms with Crippen LogP contribution in [-0.2, 0) is 6.42 Å². The van der Waals surface area contributed by atoms with Crippen LogP contribution in [0.4, 0.5) is 0 Å². The summed E-state index contributed by atoms with van der Waals surface area (Å²) < 4.78 is 0. The summed E-state index contributed by atoms with van der Waals surface area (Å²) in [6, 6.07) is 3.40. The van der Waals surface area contributed by atoms with E-state index in [0.29, 0.717) is 11.5 Å². The second-order valence-electron chi connectivity index (χ2n) is 7.28. The Morgan fingerprint density at radius 2 is 1.52 bits per heavy atom. The molecule has 0 saturated carbocycles. The maximum absolute atomic E-state index is 11.4. The van der Waals surface area contributed by atoms with Crippen LogP contribution < -0.4 is 0 Å². The summed E-state index contributed by atoms with van der Waals surface area (Å²) in [5.74, 6) is -0.288. The molecular weight excluding hydrogens is 310 g/mol. The molecule has 1 aromatic heterocycles. The van der Waals surface area contributed by atoms with Gasteiger partial charge in [0.15, 0.2) is 0 Å². The van der Waals surface area contributed by atoms with Crippen LogP contribution in [0.15, 0.2) is 18.3 Å². The first-order valence-corrected chi connectivity index (χ1v) is 10.4. The predicted octanol–water partition coefficient (Wildman–Crippen LogP) is 6.66. The highest BCUT2D eigenvalue weighted by Crippen LogP contribution is 2.23. The maximum atomic E-state index is 11.4. The Morgan fingerprint density at radius 3 is 2.12 bits per heavy atom. The second kappa shape index (κ2) is 13.9. The van der Waals surface area contributed by atoms with Gasteiger partial charge in [-0.05, 0) is 24.5 Å². The molecule has 142 valence electrons. The quantitative estimate of drug-likeness (QED) is 0.361. The fraction of sp³-hybridized carbons (Fsp3) is 0.727. The van der Waals surface area contributed by atoms with Gasteiger partial charge in [0.25, 0.3) is 0 Å². The van der Waals surface area contributed by atoms with Gasteiger partial charge in [0.1, 0.15) is 0 Å². The monoisotopic (exact) mass is 347 g/mol. The molecule has 1 unspecified atom stereocenters. The Morgan fingerprint density at radius 1 is 0.960 bits per heavy atom. The first-order chi connectivity index (χ1) is 12.2. The Kier molecular flexibility index (Phi) is 12.0. The third kappa shape index (κ3) is 9.62. The fourth-order valence-corrected chi connectivity index (χ4v) is 3.49. The summed E-state index contributed by atoms with van der Waals surface area (Å²) in [6.07, 6.45) is 17.9. The minimum Gasteiger partial charge on any atom is -0.478 e. The van der Waals surface area contributed by atoms with E-state index >= 15 is 0 Å². The molecule has 0 aliphatic carbocycles. The lowest BCUT2D eigenvalue weighted by Gasteiger charge is -2.17. The van der Waals surface area contributed by atoms with Crippen molar-refractivity contribution in [3.8, 4) is 0 Å². The summed E-state index contributed by atoms with van der Waals surface area (Å²) in [4.78, 5) is 15.8. The smallest absolute Gasteiger partial charge is 0.337 e. The number of nitrogens with zero attached hydrogens (tertiary/aromatic N) is 1. The molecule has 1 atom stereocenters. The van der Waals surface area contributed by atoms with Crippen LogP contribution >= 0.6 is 0 Å². The molecule has 3 nitrogen and oxygen atoms in total. The van der Waals surface area contributed by atoms with E-state index in [0.717, 1.165) is 12.1 Å². The number of carboxylic acid groups (broad SMARTS) is 1. The Bertz CT molecular complexity index is 473. The van der Waals surface area contributed by atoms with Crippen LogP contribution in [0, 0.1) is 5.92 Å². The molecule has 1 N–H and O–H groups in total. The highest BCUT2D eigenvalue weighted by Gasteiger charge is 2.16. The number of pyridine rings is 1. The molecule has 0 bridgehead atoms. The molecule has 0 spiro atoms. The minimum absolute atomic E-state index is 0.379. The van der Waals surface area contributed by atoms with E-state index in [4.69, 9.17) is 0 Å².